The van der Waals surface area contributed by atoms with E-state index in [4.69, 9.17) is 4.42 Å². The van der Waals surface area contributed by atoms with Crippen molar-refractivity contribution < 1.29 is 17.6 Å². The Morgan fingerprint density at radius 3 is 2.74 bits per heavy atom. The standard InChI is InChI=1S/C16H26N2O4S/c1-11(2)15-8-14(12(3)22-15)16(19)17-9-13-6-5-7-18(10-13)23(4,20)21/h8,11,13H,5-7,9-10H2,1-4H3,(H,17,19). The van der Waals surface area contributed by atoms with Crippen molar-refractivity contribution in [3.05, 3.63) is 23.2 Å². The molecule has 0 spiro atoms. The number of hydrogen-bond donors (Lipinski definition) is 1. The summed E-state index contributed by atoms with van der Waals surface area (Å²) in [6, 6.07) is 1.79. The van der Waals surface area contributed by atoms with Gasteiger partial charge in [0.1, 0.15) is 11.5 Å². The Morgan fingerprint density at radius 2 is 2.17 bits per heavy atom. The fourth-order valence-corrected chi connectivity index (χ4v) is 3.78. The highest BCUT2D eigenvalue weighted by Gasteiger charge is 2.26. The summed E-state index contributed by atoms with van der Waals surface area (Å²) < 4.78 is 30.4. The molecule has 23 heavy (non-hydrogen) atoms. The minimum Gasteiger partial charge on any atom is -0.465 e. The number of carbonyl (C=O) groups is 1. The highest BCUT2D eigenvalue weighted by Crippen LogP contribution is 2.22. The van der Waals surface area contributed by atoms with E-state index in [9.17, 15) is 13.2 Å². The van der Waals surface area contributed by atoms with E-state index in [2.05, 4.69) is 5.32 Å². The highest BCUT2D eigenvalue weighted by molar-refractivity contribution is 7.88. The molecule has 2 rings (SSSR count). The van der Waals surface area contributed by atoms with Gasteiger partial charge in [0.25, 0.3) is 5.91 Å². The van der Waals surface area contributed by atoms with E-state index in [0.717, 1.165) is 18.6 Å². The van der Waals surface area contributed by atoms with Crippen LogP contribution in [0.15, 0.2) is 10.5 Å². The van der Waals surface area contributed by atoms with Crippen LogP contribution in [0.3, 0.4) is 0 Å². The van der Waals surface area contributed by atoms with Gasteiger partial charge < -0.3 is 9.73 Å². The fourth-order valence-electron chi connectivity index (χ4n) is 2.84. The summed E-state index contributed by atoms with van der Waals surface area (Å²) in [4.78, 5) is 12.3. The van der Waals surface area contributed by atoms with Crippen molar-refractivity contribution in [1.82, 2.24) is 9.62 Å². The molecule has 0 aromatic carbocycles. The fraction of sp³-hybridized carbons (Fsp3) is 0.688. The Hall–Kier alpha value is -1.34. The first-order valence-corrected chi connectivity index (χ1v) is 9.87. The molecule has 1 aromatic rings. The zero-order valence-electron chi connectivity index (χ0n) is 14.3. The second-order valence-corrected chi connectivity index (χ2v) is 8.60. The van der Waals surface area contributed by atoms with E-state index in [1.165, 1.54) is 10.6 Å². The molecular formula is C16H26N2O4S. The molecule has 130 valence electrons. The number of rotatable bonds is 5. The molecule has 1 amide bonds. The lowest BCUT2D eigenvalue weighted by Crippen LogP contribution is -2.43. The normalized spacial score (nSPS) is 20.0. The van der Waals surface area contributed by atoms with Crippen LogP contribution in [-0.4, -0.2) is 44.5 Å². The molecule has 1 saturated heterocycles. The van der Waals surface area contributed by atoms with E-state index >= 15 is 0 Å². The summed E-state index contributed by atoms with van der Waals surface area (Å²) >= 11 is 0. The van der Waals surface area contributed by atoms with Crippen molar-refractivity contribution in [3.63, 3.8) is 0 Å². The van der Waals surface area contributed by atoms with Crippen LogP contribution in [0, 0.1) is 12.8 Å². The third-order valence-electron chi connectivity index (χ3n) is 4.25. The number of aryl methyl sites for hydroxylation is 1. The Balaban J connectivity index is 1.94. The number of nitrogens with one attached hydrogen (secondary N) is 1. The van der Waals surface area contributed by atoms with Gasteiger partial charge in [0.2, 0.25) is 10.0 Å². The zero-order valence-corrected chi connectivity index (χ0v) is 15.1. The lowest BCUT2D eigenvalue weighted by atomic mass is 9.99. The Bertz CT molecular complexity index is 664. The SMILES string of the molecule is Cc1oc(C(C)C)cc1C(=O)NCC1CCCN(S(C)(=O)=O)C1. The molecule has 0 aliphatic carbocycles. The topological polar surface area (TPSA) is 79.6 Å². The molecule has 0 bridgehead atoms. The van der Waals surface area contributed by atoms with Gasteiger partial charge in [0, 0.05) is 25.6 Å². The minimum absolute atomic E-state index is 0.152. The average Bonchev–Trinajstić information content (AvgIpc) is 2.86. The van der Waals surface area contributed by atoms with E-state index < -0.39 is 10.0 Å². The van der Waals surface area contributed by atoms with Crippen LogP contribution in [0.25, 0.3) is 0 Å². The van der Waals surface area contributed by atoms with E-state index in [1.54, 1.807) is 13.0 Å². The molecule has 1 atom stereocenters. The van der Waals surface area contributed by atoms with Crippen LogP contribution in [0.2, 0.25) is 0 Å². The minimum atomic E-state index is -3.16. The van der Waals surface area contributed by atoms with Crippen molar-refractivity contribution in [3.8, 4) is 0 Å². The largest absolute Gasteiger partial charge is 0.465 e. The summed E-state index contributed by atoms with van der Waals surface area (Å²) in [6.07, 6.45) is 2.99. The summed E-state index contributed by atoms with van der Waals surface area (Å²) in [5, 5.41) is 2.91. The molecule has 1 unspecified atom stereocenters. The van der Waals surface area contributed by atoms with Gasteiger partial charge >= 0.3 is 0 Å². The lowest BCUT2D eigenvalue weighted by Gasteiger charge is -2.30. The van der Waals surface area contributed by atoms with Crippen LogP contribution in [0.5, 0.6) is 0 Å². The molecule has 7 heteroatoms. The summed E-state index contributed by atoms with van der Waals surface area (Å²) in [5.41, 5.74) is 0.560. The molecule has 1 aliphatic heterocycles. The first kappa shape index (κ1) is 18.0. The first-order chi connectivity index (χ1) is 10.7. The number of nitrogens with zero attached hydrogens (tertiary/aromatic N) is 1. The van der Waals surface area contributed by atoms with Crippen LogP contribution in [0.1, 0.15) is 54.5 Å². The van der Waals surface area contributed by atoms with Crippen LogP contribution in [0.4, 0.5) is 0 Å². The van der Waals surface area contributed by atoms with Crippen molar-refractivity contribution >= 4 is 15.9 Å². The predicted octanol–water partition coefficient (Wildman–Crippen LogP) is 2.11. The van der Waals surface area contributed by atoms with Crippen molar-refractivity contribution in [2.75, 3.05) is 25.9 Å². The number of furan rings is 1. The molecular weight excluding hydrogens is 316 g/mol. The molecule has 0 saturated carbocycles. The average molecular weight is 342 g/mol. The number of sulfonamides is 1. The molecule has 1 fully saturated rings. The number of carbonyl (C=O) groups excluding carboxylic acids is 1. The number of hydrogen-bond acceptors (Lipinski definition) is 4. The second kappa shape index (κ2) is 7.05. The molecule has 0 radical (unpaired) electrons. The Labute approximate surface area is 138 Å². The van der Waals surface area contributed by atoms with Crippen molar-refractivity contribution in [1.29, 1.82) is 0 Å². The van der Waals surface area contributed by atoms with Gasteiger partial charge in [-0.3, -0.25) is 4.79 Å². The highest BCUT2D eigenvalue weighted by atomic mass is 32.2. The van der Waals surface area contributed by atoms with Gasteiger partial charge in [-0.25, -0.2) is 12.7 Å². The maximum atomic E-state index is 12.3. The predicted molar refractivity (Wildman–Crippen MR) is 89.0 cm³/mol. The zero-order chi connectivity index (χ0) is 17.2. The van der Waals surface area contributed by atoms with E-state index in [0.29, 0.717) is 31.0 Å². The van der Waals surface area contributed by atoms with Crippen LogP contribution < -0.4 is 5.32 Å². The quantitative estimate of drug-likeness (QED) is 0.889. The van der Waals surface area contributed by atoms with Gasteiger partial charge in [-0.1, -0.05) is 13.8 Å². The first-order valence-electron chi connectivity index (χ1n) is 8.02. The van der Waals surface area contributed by atoms with Crippen molar-refractivity contribution in [2.45, 2.75) is 39.5 Å². The third kappa shape index (κ3) is 4.57. The molecule has 1 aliphatic rings. The maximum absolute atomic E-state index is 12.3. The number of amides is 1. The molecule has 1 aromatic heterocycles. The Morgan fingerprint density at radius 1 is 1.48 bits per heavy atom. The van der Waals surface area contributed by atoms with Crippen molar-refractivity contribution in [2.24, 2.45) is 5.92 Å². The van der Waals surface area contributed by atoms with E-state index in [1.807, 2.05) is 13.8 Å². The monoisotopic (exact) mass is 342 g/mol. The molecule has 6 nitrogen and oxygen atoms in total. The van der Waals surface area contributed by atoms with Gasteiger partial charge in [-0.2, -0.15) is 0 Å². The van der Waals surface area contributed by atoms with Gasteiger partial charge in [0.05, 0.1) is 11.8 Å². The lowest BCUT2D eigenvalue weighted by molar-refractivity contribution is 0.0940. The molecule has 2 heterocycles. The summed E-state index contributed by atoms with van der Waals surface area (Å²) in [5.74, 6) is 1.65. The van der Waals surface area contributed by atoms with Crippen LogP contribution in [-0.2, 0) is 10.0 Å². The molecule has 1 N–H and O–H groups in total. The van der Waals surface area contributed by atoms with Gasteiger partial charge in [0.15, 0.2) is 0 Å². The van der Waals surface area contributed by atoms with Gasteiger partial charge in [-0.15, -0.1) is 0 Å². The third-order valence-corrected chi connectivity index (χ3v) is 5.52. The maximum Gasteiger partial charge on any atom is 0.254 e. The summed E-state index contributed by atoms with van der Waals surface area (Å²) in [7, 11) is -3.16. The summed E-state index contributed by atoms with van der Waals surface area (Å²) in [6.45, 7) is 7.34. The van der Waals surface area contributed by atoms with Gasteiger partial charge in [-0.05, 0) is 31.7 Å². The van der Waals surface area contributed by atoms with Crippen LogP contribution >= 0.6 is 0 Å². The number of piperidine rings is 1. The van der Waals surface area contributed by atoms with E-state index in [-0.39, 0.29) is 17.7 Å². The Kier molecular flexibility index (Phi) is 5.52. The smallest absolute Gasteiger partial charge is 0.254 e. The second-order valence-electron chi connectivity index (χ2n) is 6.61.